The maximum absolute atomic E-state index is 12.3. The van der Waals surface area contributed by atoms with Crippen molar-refractivity contribution in [2.75, 3.05) is 6.61 Å². The van der Waals surface area contributed by atoms with Crippen LogP contribution < -0.4 is 10.1 Å². The van der Waals surface area contributed by atoms with Gasteiger partial charge in [0.1, 0.15) is 11.4 Å². The van der Waals surface area contributed by atoms with Crippen LogP contribution in [0.3, 0.4) is 0 Å². The number of benzene rings is 1. The first kappa shape index (κ1) is 17.2. The Morgan fingerprint density at radius 2 is 2.16 bits per heavy atom. The highest BCUT2D eigenvalue weighted by Gasteiger charge is 2.14. The Hall–Kier alpha value is -2.60. The first-order valence-electron chi connectivity index (χ1n) is 8.36. The molecule has 2 heterocycles. The van der Waals surface area contributed by atoms with Crippen LogP contribution in [-0.4, -0.2) is 22.7 Å². The molecule has 1 aromatic carbocycles. The van der Waals surface area contributed by atoms with Crippen molar-refractivity contribution in [2.45, 2.75) is 26.3 Å². The third-order valence-corrected chi connectivity index (χ3v) is 4.62. The number of aromatic amines is 1. The number of rotatable bonds is 8. The molecule has 6 heteroatoms. The summed E-state index contributed by atoms with van der Waals surface area (Å²) in [6.45, 7) is 3.32. The fourth-order valence-electron chi connectivity index (χ4n) is 2.38. The lowest BCUT2D eigenvalue weighted by molar-refractivity contribution is 0.0946. The van der Waals surface area contributed by atoms with E-state index in [2.05, 4.69) is 22.4 Å². The van der Waals surface area contributed by atoms with E-state index in [0.717, 1.165) is 29.0 Å². The van der Waals surface area contributed by atoms with Crippen LogP contribution in [0.1, 0.15) is 35.1 Å². The van der Waals surface area contributed by atoms with Crippen LogP contribution in [0.2, 0.25) is 0 Å². The molecular weight excluding hydrogens is 334 g/mol. The standard InChI is InChI=1S/C19H21N3O2S/c1-2-3-10-24-18-9-5-4-8-15(18)16-12-17(22-21-16)19(23)20-13-14-7-6-11-25-14/h4-9,11-12H,2-3,10,13H2,1H3,(H,20,23)(H,21,22). The maximum atomic E-state index is 12.3. The molecule has 0 aliphatic rings. The predicted octanol–water partition coefficient (Wildman–Crippen LogP) is 4.25. The number of carbonyl (C=O) groups is 1. The van der Waals surface area contributed by atoms with Crippen molar-refractivity contribution in [1.29, 1.82) is 0 Å². The number of para-hydroxylation sites is 1. The number of carbonyl (C=O) groups excluding carboxylic acids is 1. The molecule has 0 saturated heterocycles. The van der Waals surface area contributed by atoms with Crippen molar-refractivity contribution >= 4 is 17.2 Å². The number of hydrogen-bond acceptors (Lipinski definition) is 4. The summed E-state index contributed by atoms with van der Waals surface area (Å²) in [6, 6.07) is 13.5. The molecule has 0 saturated carbocycles. The smallest absolute Gasteiger partial charge is 0.269 e. The second kappa shape index (κ2) is 8.48. The van der Waals surface area contributed by atoms with Crippen molar-refractivity contribution in [3.05, 3.63) is 58.4 Å². The molecule has 3 rings (SSSR count). The van der Waals surface area contributed by atoms with Crippen LogP contribution in [0.25, 0.3) is 11.3 Å². The number of H-pyrrole nitrogens is 1. The Bertz CT molecular complexity index is 812. The van der Waals surface area contributed by atoms with Crippen molar-refractivity contribution in [2.24, 2.45) is 0 Å². The molecule has 3 aromatic rings. The molecular formula is C19H21N3O2S. The normalized spacial score (nSPS) is 10.6. The molecule has 0 radical (unpaired) electrons. The third-order valence-electron chi connectivity index (χ3n) is 3.74. The van der Waals surface area contributed by atoms with Crippen molar-refractivity contribution in [3.8, 4) is 17.0 Å². The van der Waals surface area contributed by atoms with Gasteiger partial charge in [0.2, 0.25) is 0 Å². The summed E-state index contributed by atoms with van der Waals surface area (Å²) in [5.41, 5.74) is 2.02. The summed E-state index contributed by atoms with van der Waals surface area (Å²) in [6.07, 6.45) is 2.09. The van der Waals surface area contributed by atoms with Gasteiger partial charge < -0.3 is 10.1 Å². The first-order valence-corrected chi connectivity index (χ1v) is 9.24. The topological polar surface area (TPSA) is 67.0 Å². The maximum Gasteiger partial charge on any atom is 0.269 e. The summed E-state index contributed by atoms with van der Waals surface area (Å²) >= 11 is 1.62. The zero-order chi connectivity index (χ0) is 17.5. The van der Waals surface area contributed by atoms with Gasteiger partial charge in [-0.2, -0.15) is 5.10 Å². The monoisotopic (exact) mass is 355 g/mol. The van der Waals surface area contributed by atoms with E-state index < -0.39 is 0 Å². The van der Waals surface area contributed by atoms with Crippen molar-refractivity contribution < 1.29 is 9.53 Å². The number of amides is 1. The van der Waals surface area contributed by atoms with Gasteiger partial charge in [-0.1, -0.05) is 31.5 Å². The molecule has 25 heavy (non-hydrogen) atoms. The van der Waals surface area contributed by atoms with E-state index >= 15 is 0 Å². The Labute approximate surface area is 151 Å². The number of ether oxygens (including phenoxy) is 1. The van der Waals surface area contributed by atoms with Gasteiger partial charge in [-0.15, -0.1) is 11.3 Å². The minimum atomic E-state index is -0.170. The average molecular weight is 355 g/mol. The molecule has 0 aliphatic heterocycles. The van der Waals surface area contributed by atoms with Gasteiger partial charge in [0.15, 0.2) is 0 Å². The Balaban J connectivity index is 1.69. The van der Waals surface area contributed by atoms with Gasteiger partial charge in [-0.25, -0.2) is 0 Å². The molecule has 2 N–H and O–H groups in total. The molecule has 5 nitrogen and oxygen atoms in total. The van der Waals surface area contributed by atoms with E-state index in [0.29, 0.717) is 24.5 Å². The second-order valence-corrected chi connectivity index (χ2v) is 6.66. The molecule has 0 aliphatic carbocycles. The molecule has 2 aromatic heterocycles. The van der Waals surface area contributed by atoms with Crippen LogP contribution in [0.4, 0.5) is 0 Å². The van der Waals surface area contributed by atoms with Gasteiger partial charge in [0.25, 0.3) is 5.91 Å². The average Bonchev–Trinajstić information content (AvgIpc) is 3.32. The highest BCUT2D eigenvalue weighted by atomic mass is 32.1. The van der Waals surface area contributed by atoms with E-state index in [9.17, 15) is 4.79 Å². The van der Waals surface area contributed by atoms with E-state index in [-0.39, 0.29) is 5.91 Å². The van der Waals surface area contributed by atoms with E-state index in [1.807, 2.05) is 41.8 Å². The quantitative estimate of drug-likeness (QED) is 0.594. The minimum absolute atomic E-state index is 0.170. The first-order chi connectivity index (χ1) is 12.3. The number of nitrogens with one attached hydrogen (secondary N) is 2. The Morgan fingerprint density at radius 3 is 2.96 bits per heavy atom. The van der Waals surface area contributed by atoms with Crippen LogP contribution in [0, 0.1) is 0 Å². The number of aromatic nitrogens is 2. The van der Waals surface area contributed by atoms with Gasteiger partial charge in [0, 0.05) is 10.4 Å². The molecule has 1 amide bonds. The fraction of sp³-hybridized carbons (Fsp3) is 0.263. The zero-order valence-electron chi connectivity index (χ0n) is 14.1. The summed E-state index contributed by atoms with van der Waals surface area (Å²) in [4.78, 5) is 13.4. The lowest BCUT2D eigenvalue weighted by atomic mass is 10.1. The third kappa shape index (κ3) is 4.48. The minimum Gasteiger partial charge on any atom is -0.493 e. The number of hydrogen-bond donors (Lipinski definition) is 2. The number of thiophene rings is 1. The molecule has 0 fully saturated rings. The molecule has 0 unspecified atom stereocenters. The molecule has 0 atom stereocenters. The Kier molecular flexibility index (Phi) is 5.85. The summed E-state index contributed by atoms with van der Waals surface area (Å²) < 4.78 is 5.85. The number of nitrogens with zero attached hydrogens (tertiary/aromatic N) is 1. The highest BCUT2D eigenvalue weighted by molar-refractivity contribution is 7.09. The molecule has 0 spiro atoms. The largest absolute Gasteiger partial charge is 0.493 e. The zero-order valence-corrected chi connectivity index (χ0v) is 14.9. The number of unbranched alkanes of at least 4 members (excludes halogenated alkanes) is 1. The molecule has 0 bridgehead atoms. The van der Waals surface area contributed by atoms with Gasteiger partial charge in [-0.3, -0.25) is 9.89 Å². The lowest BCUT2D eigenvalue weighted by Crippen LogP contribution is -2.22. The van der Waals surface area contributed by atoms with Crippen LogP contribution >= 0.6 is 11.3 Å². The summed E-state index contributed by atoms with van der Waals surface area (Å²) in [7, 11) is 0. The molecule has 130 valence electrons. The van der Waals surface area contributed by atoms with Gasteiger partial charge in [-0.05, 0) is 36.1 Å². The van der Waals surface area contributed by atoms with Crippen LogP contribution in [0.5, 0.6) is 5.75 Å². The van der Waals surface area contributed by atoms with Crippen LogP contribution in [0.15, 0.2) is 47.8 Å². The summed E-state index contributed by atoms with van der Waals surface area (Å²) in [5.74, 6) is 0.615. The van der Waals surface area contributed by atoms with E-state index in [1.165, 1.54) is 0 Å². The van der Waals surface area contributed by atoms with Crippen LogP contribution in [-0.2, 0) is 6.54 Å². The van der Waals surface area contributed by atoms with Crippen molar-refractivity contribution in [3.63, 3.8) is 0 Å². The summed E-state index contributed by atoms with van der Waals surface area (Å²) in [5, 5.41) is 12.0. The fourth-order valence-corrected chi connectivity index (χ4v) is 3.03. The lowest BCUT2D eigenvalue weighted by Gasteiger charge is -2.09. The highest BCUT2D eigenvalue weighted by Crippen LogP contribution is 2.29. The van der Waals surface area contributed by atoms with Gasteiger partial charge >= 0.3 is 0 Å². The predicted molar refractivity (Wildman–Crippen MR) is 99.9 cm³/mol. The second-order valence-electron chi connectivity index (χ2n) is 5.63. The van der Waals surface area contributed by atoms with Gasteiger partial charge in [0.05, 0.1) is 18.8 Å². The van der Waals surface area contributed by atoms with E-state index in [1.54, 1.807) is 17.4 Å². The Morgan fingerprint density at radius 1 is 1.28 bits per heavy atom. The van der Waals surface area contributed by atoms with Crippen molar-refractivity contribution in [1.82, 2.24) is 15.5 Å². The van der Waals surface area contributed by atoms with E-state index in [4.69, 9.17) is 4.74 Å². The SMILES string of the molecule is CCCCOc1ccccc1-c1cc(C(=O)NCc2cccs2)[nH]n1.